The predicted molar refractivity (Wildman–Crippen MR) is 71.4 cm³/mol. The molecule has 18 heavy (non-hydrogen) atoms. The minimum absolute atomic E-state index is 0.280. The number of carbonyl (C=O) groups excluding carboxylic acids is 1. The molecule has 0 aliphatic heterocycles. The second-order valence-electron chi connectivity index (χ2n) is 4.34. The molecule has 1 atom stereocenters. The van der Waals surface area contributed by atoms with Crippen LogP contribution in [0.2, 0.25) is 0 Å². The van der Waals surface area contributed by atoms with Gasteiger partial charge in [0.2, 0.25) is 0 Å². The average molecular weight is 250 g/mol. The van der Waals surface area contributed by atoms with Gasteiger partial charge in [-0.25, -0.2) is 4.79 Å². The zero-order chi connectivity index (χ0) is 13.5. The van der Waals surface area contributed by atoms with Crippen molar-refractivity contribution >= 4 is 5.97 Å². The average Bonchev–Trinajstić information content (AvgIpc) is 2.40. The number of carbonyl (C=O) groups is 1. The first-order valence-electron chi connectivity index (χ1n) is 6.58. The highest BCUT2D eigenvalue weighted by atomic mass is 16.5. The van der Waals surface area contributed by atoms with Crippen LogP contribution in [0.3, 0.4) is 0 Å². The Kier molecular flexibility index (Phi) is 5.86. The summed E-state index contributed by atoms with van der Waals surface area (Å²) in [6, 6.07) is 7.58. The largest absolute Gasteiger partial charge is 0.464 e. The summed E-state index contributed by atoms with van der Waals surface area (Å²) in [6.45, 7) is 6.29. The lowest BCUT2D eigenvalue weighted by Crippen LogP contribution is -2.15. The molecule has 0 radical (unpaired) electrons. The molecule has 1 aromatic carbocycles. The normalized spacial score (nSPS) is 12.5. The third-order valence-corrected chi connectivity index (χ3v) is 3.19. The van der Waals surface area contributed by atoms with Crippen molar-refractivity contribution in [1.29, 1.82) is 0 Å². The Morgan fingerprint density at radius 3 is 2.39 bits per heavy atom. The van der Waals surface area contributed by atoms with Crippen LogP contribution >= 0.6 is 0 Å². The Morgan fingerprint density at radius 2 is 1.83 bits per heavy atom. The first-order chi connectivity index (χ1) is 8.63. The van der Waals surface area contributed by atoms with E-state index in [0.29, 0.717) is 11.5 Å². The molecule has 1 aromatic rings. The SMILES string of the molecule is CCOC(=O)C(O)c1cccc(C(CC)CC)c1. The van der Waals surface area contributed by atoms with Gasteiger partial charge in [-0.2, -0.15) is 0 Å². The number of hydrogen-bond donors (Lipinski definition) is 1. The van der Waals surface area contributed by atoms with Crippen LogP contribution in [-0.4, -0.2) is 17.7 Å². The van der Waals surface area contributed by atoms with E-state index in [1.165, 1.54) is 5.56 Å². The highest BCUT2D eigenvalue weighted by Gasteiger charge is 2.19. The molecule has 0 heterocycles. The molecule has 1 rings (SSSR count). The smallest absolute Gasteiger partial charge is 0.339 e. The van der Waals surface area contributed by atoms with Gasteiger partial charge in [0.1, 0.15) is 0 Å². The van der Waals surface area contributed by atoms with E-state index in [2.05, 4.69) is 13.8 Å². The van der Waals surface area contributed by atoms with Crippen LogP contribution in [0.15, 0.2) is 24.3 Å². The Hall–Kier alpha value is -1.35. The highest BCUT2D eigenvalue weighted by Crippen LogP contribution is 2.25. The molecule has 0 saturated carbocycles. The number of ether oxygens (including phenoxy) is 1. The summed E-state index contributed by atoms with van der Waals surface area (Å²) < 4.78 is 4.82. The molecule has 0 amide bonds. The van der Waals surface area contributed by atoms with Crippen LogP contribution in [0.1, 0.15) is 56.8 Å². The van der Waals surface area contributed by atoms with Crippen LogP contribution in [0.25, 0.3) is 0 Å². The van der Waals surface area contributed by atoms with Gasteiger partial charge in [0.25, 0.3) is 0 Å². The number of aliphatic hydroxyl groups is 1. The molecular formula is C15H22O3. The van der Waals surface area contributed by atoms with Gasteiger partial charge >= 0.3 is 5.97 Å². The molecule has 0 aliphatic carbocycles. The molecule has 0 spiro atoms. The molecule has 0 bridgehead atoms. The first kappa shape index (κ1) is 14.7. The van der Waals surface area contributed by atoms with Crippen LogP contribution in [-0.2, 0) is 9.53 Å². The Bertz CT molecular complexity index is 383. The molecule has 1 N–H and O–H groups in total. The van der Waals surface area contributed by atoms with E-state index in [9.17, 15) is 9.90 Å². The van der Waals surface area contributed by atoms with Crippen LogP contribution < -0.4 is 0 Å². The van der Waals surface area contributed by atoms with Gasteiger partial charge in [-0.1, -0.05) is 38.1 Å². The fraction of sp³-hybridized carbons (Fsp3) is 0.533. The molecular weight excluding hydrogens is 228 g/mol. The number of esters is 1. The zero-order valence-electron chi connectivity index (χ0n) is 11.3. The lowest BCUT2D eigenvalue weighted by atomic mass is 9.92. The van der Waals surface area contributed by atoms with Gasteiger partial charge < -0.3 is 9.84 Å². The fourth-order valence-corrected chi connectivity index (χ4v) is 2.10. The molecule has 0 aliphatic rings. The lowest BCUT2D eigenvalue weighted by molar-refractivity contribution is -0.153. The second kappa shape index (κ2) is 7.17. The molecule has 0 aromatic heterocycles. The Labute approximate surface area is 109 Å². The summed E-state index contributed by atoms with van der Waals surface area (Å²) in [5, 5.41) is 9.90. The quantitative estimate of drug-likeness (QED) is 0.789. The fourth-order valence-electron chi connectivity index (χ4n) is 2.10. The minimum atomic E-state index is -1.18. The van der Waals surface area contributed by atoms with Crippen molar-refractivity contribution in [2.24, 2.45) is 0 Å². The van der Waals surface area contributed by atoms with Crippen molar-refractivity contribution in [1.82, 2.24) is 0 Å². The van der Waals surface area contributed by atoms with E-state index in [1.54, 1.807) is 13.0 Å². The number of hydrogen-bond acceptors (Lipinski definition) is 3. The summed E-state index contributed by atoms with van der Waals surface area (Å²) in [6.07, 6.45) is 0.921. The van der Waals surface area contributed by atoms with Crippen LogP contribution in [0.4, 0.5) is 0 Å². The molecule has 3 heteroatoms. The van der Waals surface area contributed by atoms with Crippen molar-refractivity contribution in [2.45, 2.75) is 45.6 Å². The maximum Gasteiger partial charge on any atom is 0.339 e. The van der Waals surface area contributed by atoms with E-state index in [0.717, 1.165) is 12.8 Å². The van der Waals surface area contributed by atoms with Gasteiger partial charge in [0.05, 0.1) is 6.61 Å². The first-order valence-corrected chi connectivity index (χ1v) is 6.58. The third kappa shape index (κ3) is 3.57. The van der Waals surface area contributed by atoms with E-state index in [-0.39, 0.29) is 6.61 Å². The highest BCUT2D eigenvalue weighted by molar-refractivity contribution is 5.76. The molecule has 3 nitrogen and oxygen atoms in total. The maximum atomic E-state index is 11.5. The van der Waals surface area contributed by atoms with Gasteiger partial charge in [-0.15, -0.1) is 0 Å². The summed E-state index contributed by atoms with van der Waals surface area (Å²) in [7, 11) is 0. The number of aliphatic hydroxyl groups excluding tert-OH is 1. The monoisotopic (exact) mass is 250 g/mol. The van der Waals surface area contributed by atoms with Crippen molar-refractivity contribution < 1.29 is 14.6 Å². The Morgan fingerprint density at radius 1 is 1.22 bits per heavy atom. The van der Waals surface area contributed by atoms with Crippen LogP contribution in [0, 0.1) is 0 Å². The Balaban J connectivity index is 2.90. The minimum Gasteiger partial charge on any atom is -0.464 e. The predicted octanol–water partition coefficient (Wildman–Crippen LogP) is 3.19. The topological polar surface area (TPSA) is 46.5 Å². The van der Waals surface area contributed by atoms with Crippen molar-refractivity contribution in [2.75, 3.05) is 6.61 Å². The molecule has 100 valence electrons. The van der Waals surface area contributed by atoms with E-state index in [4.69, 9.17) is 4.74 Å². The second-order valence-corrected chi connectivity index (χ2v) is 4.34. The van der Waals surface area contributed by atoms with E-state index in [1.807, 2.05) is 18.2 Å². The number of rotatable bonds is 6. The summed E-state index contributed by atoms with van der Waals surface area (Å²) >= 11 is 0. The standard InChI is InChI=1S/C15H22O3/c1-4-11(5-2)12-8-7-9-13(10-12)14(16)15(17)18-6-3/h7-11,14,16H,4-6H2,1-3H3. The summed E-state index contributed by atoms with van der Waals surface area (Å²) in [5.74, 6) is -0.112. The third-order valence-electron chi connectivity index (χ3n) is 3.19. The van der Waals surface area contributed by atoms with Gasteiger partial charge in [-0.05, 0) is 36.8 Å². The summed E-state index contributed by atoms with van der Waals surface area (Å²) in [4.78, 5) is 11.5. The van der Waals surface area contributed by atoms with Crippen molar-refractivity contribution in [3.05, 3.63) is 35.4 Å². The van der Waals surface area contributed by atoms with Crippen LogP contribution in [0.5, 0.6) is 0 Å². The lowest BCUT2D eigenvalue weighted by Gasteiger charge is -2.16. The van der Waals surface area contributed by atoms with E-state index >= 15 is 0 Å². The maximum absolute atomic E-state index is 11.5. The molecule has 1 unspecified atom stereocenters. The van der Waals surface area contributed by atoms with Gasteiger partial charge in [-0.3, -0.25) is 0 Å². The van der Waals surface area contributed by atoms with Gasteiger partial charge in [0.15, 0.2) is 6.10 Å². The van der Waals surface area contributed by atoms with Gasteiger partial charge in [0, 0.05) is 0 Å². The molecule has 0 fully saturated rings. The zero-order valence-corrected chi connectivity index (χ0v) is 11.3. The van der Waals surface area contributed by atoms with Crippen molar-refractivity contribution in [3.8, 4) is 0 Å². The summed E-state index contributed by atoms with van der Waals surface area (Å²) in [5.41, 5.74) is 1.78. The molecule has 0 saturated heterocycles. The van der Waals surface area contributed by atoms with Crippen molar-refractivity contribution in [3.63, 3.8) is 0 Å². The number of benzene rings is 1. The van der Waals surface area contributed by atoms with E-state index < -0.39 is 12.1 Å².